The summed E-state index contributed by atoms with van der Waals surface area (Å²) in [6.45, 7) is 1.75. The van der Waals surface area contributed by atoms with Gasteiger partial charge >= 0.3 is 6.03 Å². The summed E-state index contributed by atoms with van der Waals surface area (Å²) in [5.41, 5.74) is 1.02. The van der Waals surface area contributed by atoms with Crippen LogP contribution in [0, 0.1) is 11.3 Å². The van der Waals surface area contributed by atoms with Gasteiger partial charge in [0.2, 0.25) is 0 Å². The molecule has 0 saturated carbocycles. The molecule has 3 rings (SSSR count). The number of benzene rings is 1. The summed E-state index contributed by atoms with van der Waals surface area (Å²) in [4.78, 5) is 27.3. The zero-order valence-corrected chi connectivity index (χ0v) is 10.2. The van der Waals surface area contributed by atoms with Gasteiger partial charge in [0.25, 0.3) is 5.91 Å². The summed E-state index contributed by atoms with van der Waals surface area (Å²) in [6, 6.07) is 7.78. The minimum Gasteiger partial charge on any atom is -0.312 e. The molecule has 0 bridgehead atoms. The molecule has 0 aliphatic carbocycles. The van der Waals surface area contributed by atoms with Crippen molar-refractivity contribution in [3.8, 4) is 6.07 Å². The number of nitriles is 1. The molecule has 2 aliphatic rings. The number of carbonyl (C=O) groups excluding carboxylic acids is 2. The molecule has 0 aromatic heterocycles. The summed E-state index contributed by atoms with van der Waals surface area (Å²) in [5.74, 6) is -0.207. The van der Waals surface area contributed by atoms with Gasteiger partial charge < -0.3 is 10.2 Å². The largest absolute Gasteiger partial charge is 0.332 e. The van der Waals surface area contributed by atoms with Gasteiger partial charge in [0.15, 0.2) is 0 Å². The highest BCUT2D eigenvalue weighted by Crippen LogP contribution is 2.26. The molecule has 1 unspecified atom stereocenters. The van der Waals surface area contributed by atoms with Gasteiger partial charge in [-0.3, -0.25) is 4.79 Å². The number of nitrogens with zero attached hydrogens (tertiary/aromatic N) is 3. The number of piperazine rings is 1. The van der Waals surface area contributed by atoms with Gasteiger partial charge in [0, 0.05) is 19.6 Å². The predicted octanol–water partition coefficient (Wildman–Crippen LogP) is 0.299. The molecule has 19 heavy (non-hydrogen) atoms. The standard InChI is InChI=1S/C13H12N4O2/c14-7-9-1-3-10(4-2-9)17-12(18)11-8-15-5-6-16(11)13(17)19/h1-4,11,15H,5-6,8H2. The monoisotopic (exact) mass is 256 g/mol. The van der Waals surface area contributed by atoms with Crippen molar-refractivity contribution in [1.29, 1.82) is 5.26 Å². The van der Waals surface area contributed by atoms with Gasteiger partial charge in [0.1, 0.15) is 6.04 Å². The average Bonchev–Trinajstić information content (AvgIpc) is 2.72. The third-order valence-corrected chi connectivity index (χ3v) is 3.44. The Balaban J connectivity index is 1.93. The molecule has 96 valence electrons. The zero-order chi connectivity index (χ0) is 13.4. The number of nitrogens with one attached hydrogen (secondary N) is 1. The Morgan fingerprint density at radius 1 is 1.26 bits per heavy atom. The topological polar surface area (TPSA) is 76.4 Å². The second kappa shape index (κ2) is 4.37. The van der Waals surface area contributed by atoms with E-state index in [1.165, 1.54) is 4.90 Å². The van der Waals surface area contributed by atoms with Crippen LogP contribution in [0.3, 0.4) is 0 Å². The van der Waals surface area contributed by atoms with Crippen LogP contribution in [0.25, 0.3) is 0 Å². The highest BCUT2D eigenvalue weighted by Gasteiger charge is 2.46. The summed E-state index contributed by atoms with van der Waals surface area (Å²) in [5, 5.41) is 11.9. The Kier molecular flexibility index (Phi) is 2.69. The van der Waals surface area contributed by atoms with E-state index in [-0.39, 0.29) is 11.9 Å². The van der Waals surface area contributed by atoms with E-state index in [0.717, 1.165) is 0 Å². The summed E-state index contributed by atoms with van der Waals surface area (Å²) in [6.07, 6.45) is 0. The first-order chi connectivity index (χ1) is 9.22. The van der Waals surface area contributed by atoms with Crippen LogP contribution in [0.15, 0.2) is 24.3 Å². The highest BCUT2D eigenvalue weighted by atomic mass is 16.2. The molecule has 1 N–H and O–H groups in total. The number of amides is 3. The molecule has 6 heteroatoms. The summed E-state index contributed by atoms with van der Waals surface area (Å²) in [7, 11) is 0. The number of carbonyl (C=O) groups is 2. The first-order valence-corrected chi connectivity index (χ1v) is 6.08. The number of anilines is 1. The molecule has 3 amide bonds. The quantitative estimate of drug-likeness (QED) is 0.733. The lowest BCUT2D eigenvalue weighted by molar-refractivity contribution is -0.120. The van der Waals surface area contributed by atoms with Crippen LogP contribution in [0.2, 0.25) is 0 Å². The van der Waals surface area contributed by atoms with Crippen molar-refractivity contribution in [2.24, 2.45) is 0 Å². The van der Waals surface area contributed by atoms with E-state index in [2.05, 4.69) is 5.32 Å². The fourth-order valence-corrected chi connectivity index (χ4v) is 2.45. The summed E-state index contributed by atoms with van der Waals surface area (Å²) >= 11 is 0. The van der Waals surface area contributed by atoms with Crippen LogP contribution < -0.4 is 10.2 Å². The van der Waals surface area contributed by atoms with Gasteiger partial charge in [-0.25, -0.2) is 9.69 Å². The van der Waals surface area contributed by atoms with Crippen molar-refractivity contribution in [3.63, 3.8) is 0 Å². The Morgan fingerprint density at radius 3 is 2.63 bits per heavy atom. The minimum absolute atomic E-state index is 0.207. The molecule has 6 nitrogen and oxygen atoms in total. The molecule has 1 aromatic rings. The maximum Gasteiger partial charge on any atom is 0.332 e. The predicted molar refractivity (Wildman–Crippen MR) is 67.4 cm³/mol. The van der Waals surface area contributed by atoms with Crippen LogP contribution in [0.5, 0.6) is 0 Å². The molecule has 1 atom stereocenters. The van der Waals surface area contributed by atoms with Crippen LogP contribution in [-0.4, -0.2) is 42.5 Å². The third kappa shape index (κ3) is 1.75. The average molecular weight is 256 g/mol. The van der Waals surface area contributed by atoms with Crippen molar-refractivity contribution in [2.75, 3.05) is 24.5 Å². The summed E-state index contributed by atoms with van der Waals surface area (Å²) < 4.78 is 0. The lowest BCUT2D eigenvalue weighted by Gasteiger charge is -2.26. The molecular formula is C13H12N4O2. The van der Waals surface area contributed by atoms with E-state index >= 15 is 0 Å². The molecular weight excluding hydrogens is 244 g/mol. The Hall–Kier alpha value is -2.39. The Labute approximate surface area is 110 Å². The number of fused-ring (bicyclic) bond motifs is 1. The minimum atomic E-state index is -0.406. The van der Waals surface area contributed by atoms with Crippen molar-refractivity contribution in [1.82, 2.24) is 10.2 Å². The molecule has 1 aromatic carbocycles. The smallest absolute Gasteiger partial charge is 0.312 e. The molecule has 2 fully saturated rings. The molecule has 0 spiro atoms. The second-order valence-corrected chi connectivity index (χ2v) is 4.53. The van der Waals surface area contributed by atoms with E-state index in [0.29, 0.717) is 30.9 Å². The third-order valence-electron chi connectivity index (χ3n) is 3.44. The fraction of sp³-hybridized carbons (Fsp3) is 0.308. The number of hydrogen-bond acceptors (Lipinski definition) is 4. The van der Waals surface area contributed by atoms with E-state index in [1.807, 2.05) is 6.07 Å². The normalized spacial score (nSPS) is 22.4. The van der Waals surface area contributed by atoms with Gasteiger partial charge in [0.05, 0.1) is 17.3 Å². The lowest BCUT2D eigenvalue weighted by atomic mass is 10.2. The van der Waals surface area contributed by atoms with Crippen molar-refractivity contribution >= 4 is 17.6 Å². The fourth-order valence-electron chi connectivity index (χ4n) is 2.45. The highest BCUT2D eigenvalue weighted by molar-refractivity contribution is 6.21. The van der Waals surface area contributed by atoms with E-state index in [9.17, 15) is 9.59 Å². The van der Waals surface area contributed by atoms with Gasteiger partial charge in [-0.2, -0.15) is 5.26 Å². The van der Waals surface area contributed by atoms with E-state index in [1.54, 1.807) is 29.2 Å². The second-order valence-electron chi connectivity index (χ2n) is 4.53. The Morgan fingerprint density at radius 2 is 2.00 bits per heavy atom. The van der Waals surface area contributed by atoms with Gasteiger partial charge in [-0.15, -0.1) is 0 Å². The van der Waals surface area contributed by atoms with Crippen LogP contribution in [0.1, 0.15) is 5.56 Å². The van der Waals surface area contributed by atoms with Crippen molar-refractivity contribution in [2.45, 2.75) is 6.04 Å². The number of urea groups is 1. The van der Waals surface area contributed by atoms with Crippen molar-refractivity contribution in [3.05, 3.63) is 29.8 Å². The van der Waals surface area contributed by atoms with Crippen LogP contribution in [-0.2, 0) is 4.79 Å². The van der Waals surface area contributed by atoms with E-state index in [4.69, 9.17) is 5.26 Å². The molecule has 2 aliphatic heterocycles. The first-order valence-electron chi connectivity index (χ1n) is 6.08. The molecule has 0 radical (unpaired) electrons. The molecule has 2 heterocycles. The van der Waals surface area contributed by atoms with E-state index < -0.39 is 6.04 Å². The maximum atomic E-state index is 12.3. The van der Waals surface area contributed by atoms with Gasteiger partial charge in [-0.05, 0) is 24.3 Å². The number of rotatable bonds is 1. The maximum absolute atomic E-state index is 12.3. The SMILES string of the molecule is N#Cc1ccc(N2C(=O)C3CNCCN3C2=O)cc1. The Bertz CT molecular complexity index is 551. The lowest BCUT2D eigenvalue weighted by Crippen LogP contribution is -2.51. The molecule has 2 saturated heterocycles. The van der Waals surface area contributed by atoms with Crippen LogP contribution >= 0.6 is 0 Å². The number of imide groups is 1. The van der Waals surface area contributed by atoms with Gasteiger partial charge in [-0.1, -0.05) is 0 Å². The first kappa shape index (κ1) is 11.7. The van der Waals surface area contributed by atoms with Crippen LogP contribution in [0.4, 0.5) is 10.5 Å². The van der Waals surface area contributed by atoms with Crippen molar-refractivity contribution < 1.29 is 9.59 Å². The number of hydrogen-bond donors (Lipinski definition) is 1. The zero-order valence-electron chi connectivity index (χ0n) is 10.2.